The molecule has 0 spiro atoms. The monoisotopic (exact) mass is 261 g/mol. The standard InChI is InChI=1S/C16H23NO2/c1-13(2)11-17(3)12-14-7-8-16(19-4)15(10-14)6-5-9-18/h7-8,10,13,18H,9,11-12H2,1-4H3. The van der Waals surface area contributed by atoms with Crippen LogP contribution >= 0.6 is 0 Å². The van der Waals surface area contributed by atoms with E-state index in [1.54, 1.807) is 7.11 Å². The van der Waals surface area contributed by atoms with Gasteiger partial charge in [0.25, 0.3) is 0 Å². The maximum absolute atomic E-state index is 8.78. The van der Waals surface area contributed by atoms with E-state index in [4.69, 9.17) is 9.84 Å². The first-order valence-electron chi connectivity index (χ1n) is 6.52. The minimum atomic E-state index is -0.138. The Morgan fingerprint density at radius 1 is 1.37 bits per heavy atom. The molecule has 0 unspecified atom stereocenters. The molecule has 0 saturated heterocycles. The quantitative estimate of drug-likeness (QED) is 0.824. The van der Waals surface area contributed by atoms with Crippen molar-refractivity contribution in [1.29, 1.82) is 0 Å². The zero-order valence-electron chi connectivity index (χ0n) is 12.2. The van der Waals surface area contributed by atoms with E-state index in [1.165, 1.54) is 5.56 Å². The Labute approximate surface area is 116 Å². The van der Waals surface area contributed by atoms with Crippen LogP contribution in [0, 0.1) is 17.8 Å². The molecule has 1 aromatic carbocycles. The van der Waals surface area contributed by atoms with E-state index in [-0.39, 0.29) is 6.61 Å². The van der Waals surface area contributed by atoms with E-state index < -0.39 is 0 Å². The van der Waals surface area contributed by atoms with Crippen molar-refractivity contribution < 1.29 is 9.84 Å². The molecule has 1 rings (SSSR count). The predicted molar refractivity (Wildman–Crippen MR) is 78.1 cm³/mol. The third-order valence-corrected chi connectivity index (χ3v) is 2.70. The van der Waals surface area contributed by atoms with Crippen LogP contribution in [0.25, 0.3) is 0 Å². The minimum absolute atomic E-state index is 0.138. The van der Waals surface area contributed by atoms with Gasteiger partial charge < -0.3 is 14.7 Å². The minimum Gasteiger partial charge on any atom is -0.495 e. The molecule has 0 atom stereocenters. The summed E-state index contributed by atoms with van der Waals surface area (Å²) in [6.45, 7) is 6.23. The van der Waals surface area contributed by atoms with Crippen LogP contribution in [0.1, 0.15) is 25.0 Å². The highest BCUT2D eigenvalue weighted by molar-refractivity contribution is 5.48. The first kappa shape index (κ1) is 15.6. The van der Waals surface area contributed by atoms with E-state index >= 15 is 0 Å². The lowest BCUT2D eigenvalue weighted by molar-refractivity contribution is 0.288. The van der Waals surface area contributed by atoms with Crippen LogP contribution in [-0.4, -0.2) is 37.3 Å². The number of rotatable bonds is 5. The first-order valence-corrected chi connectivity index (χ1v) is 6.52. The van der Waals surface area contributed by atoms with Gasteiger partial charge in [-0.2, -0.15) is 0 Å². The van der Waals surface area contributed by atoms with Gasteiger partial charge in [-0.15, -0.1) is 0 Å². The van der Waals surface area contributed by atoms with Crippen molar-refractivity contribution in [3.8, 4) is 17.6 Å². The molecule has 3 nitrogen and oxygen atoms in total. The zero-order chi connectivity index (χ0) is 14.3. The molecule has 0 heterocycles. The van der Waals surface area contributed by atoms with Crippen molar-refractivity contribution in [2.24, 2.45) is 5.92 Å². The van der Waals surface area contributed by atoms with Gasteiger partial charge in [0.05, 0.1) is 12.7 Å². The summed E-state index contributed by atoms with van der Waals surface area (Å²) >= 11 is 0. The highest BCUT2D eigenvalue weighted by atomic mass is 16.5. The molecule has 0 aliphatic heterocycles. The van der Waals surface area contributed by atoms with Gasteiger partial charge in [-0.3, -0.25) is 0 Å². The van der Waals surface area contributed by atoms with E-state index in [9.17, 15) is 0 Å². The van der Waals surface area contributed by atoms with Crippen LogP contribution in [0.5, 0.6) is 5.75 Å². The number of aliphatic hydroxyl groups is 1. The van der Waals surface area contributed by atoms with E-state index in [0.717, 1.165) is 24.4 Å². The summed E-state index contributed by atoms with van der Waals surface area (Å²) in [5, 5.41) is 8.78. The summed E-state index contributed by atoms with van der Waals surface area (Å²) < 4.78 is 5.27. The predicted octanol–water partition coefficient (Wildman–Crippen LogP) is 2.13. The molecule has 0 fully saturated rings. The Bertz CT molecular complexity index is 458. The molecule has 0 aromatic heterocycles. The van der Waals surface area contributed by atoms with E-state index in [2.05, 4.69) is 43.7 Å². The maximum atomic E-state index is 8.78. The highest BCUT2D eigenvalue weighted by Crippen LogP contribution is 2.19. The van der Waals surface area contributed by atoms with Gasteiger partial charge in [0, 0.05) is 13.1 Å². The fourth-order valence-electron chi connectivity index (χ4n) is 2.09. The lowest BCUT2D eigenvalue weighted by atomic mass is 10.1. The average molecular weight is 261 g/mol. The average Bonchev–Trinajstić information content (AvgIpc) is 2.35. The van der Waals surface area contributed by atoms with Crippen molar-refractivity contribution in [3.05, 3.63) is 29.3 Å². The summed E-state index contributed by atoms with van der Waals surface area (Å²) in [5.41, 5.74) is 2.03. The molecule has 0 aliphatic carbocycles. The second kappa shape index (κ2) is 7.83. The molecule has 0 amide bonds. The molecule has 1 aromatic rings. The number of benzene rings is 1. The van der Waals surface area contributed by atoms with Crippen LogP contribution in [0.2, 0.25) is 0 Å². The van der Waals surface area contributed by atoms with Crippen molar-refractivity contribution in [1.82, 2.24) is 4.90 Å². The summed E-state index contributed by atoms with van der Waals surface area (Å²) in [7, 11) is 3.74. The van der Waals surface area contributed by atoms with Crippen LogP contribution in [-0.2, 0) is 6.54 Å². The Kier molecular flexibility index (Phi) is 6.41. The SMILES string of the molecule is COc1ccc(CN(C)CC(C)C)cc1C#CCO. The Morgan fingerprint density at radius 2 is 2.11 bits per heavy atom. The first-order chi connectivity index (χ1) is 9.06. The number of methoxy groups -OCH3 is 1. The van der Waals surface area contributed by atoms with Crippen LogP contribution < -0.4 is 4.74 Å². The van der Waals surface area contributed by atoms with Gasteiger partial charge in [0.2, 0.25) is 0 Å². The lowest BCUT2D eigenvalue weighted by Gasteiger charge is -2.19. The Morgan fingerprint density at radius 3 is 2.68 bits per heavy atom. The van der Waals surface area contributed by atoms with Crippen LogP contribution in [0.4, 0.5) is 0 Å². The summed E-state index contributed by atoms with van der Waals surface area (Å²) in [6, 6.07) is 6.01. The maximum Gasteiger partial charge on any atom is 0.134 e. The Hall–Kier alpha value is -1.50. The molecule has 104 valence electrons. The zero-order valence-corrected chi connectivity index (χ0v) is 12.2. The molecular weight excluding hydrogens is 238 g/mol. The van der Waals surface area contributed by atoms with Gasteiger partial charge in [-0.1, -0.05) is 31.8 Å². The second-order valence-electron chi connectivity index (χ2n) is 5.09. The molecule has 0 saturated carbocycles. The van der Waals surface area contributed by atoms with Gasteiger partial charge in [0.1, 0.15) is 12.4 Å². The number of hydrogen-bond donors (Lipinski definition) is 1. The molecule has 19 heavy (non-hydrogen) atoms. The number of ether oxygens (including phenoxy) is 1. The van der Waals surface area contributed by atoms with Gasteiger partial charge >= 0.3 is 0 Å². The number of nitrogens with zero attached hydrogens (tertiary/aromatic N) is 1. The van der Waals surface area contributed by atoms with Crippen molar-refractivity contribution in [3.63, 3.8) is 0 Å². The van der Waals surface area contributed by atoms with Crippen molar-refractivity contribution >= 4 is 0 Å². The van der Waals surface area contributed by atoms with Crippen LogP contribution in [0.3, 0.4) is 0 Å². The molecule has 1 N–H and O–H groups in total. The molecule has 0 aliphatic rings. The second-order valence-corrected chi connectivity index (χ2v) is 5.09. The molecule has 3 heteroatoms. The summed E-state index contributed by atoms with van der Waals surface area (Å²) in [4.78, 5) is 2.29. The fourth-order valence-corrected chi connectivity index (χ4v) is 2.09. The highest BCUT2D eigenvalue weighted by Gasteiger charge is 2.06. The summed E-state index contributed by atoms with van der Waals surface area (Å²) in [5.74, 6) is 6.99. The smallest absolute Gasteiger partial charge is 0.134 e. The lowest BCUT2D eigenvalue weighted by Crippen LogP contribution is -2.22. The normalized spacial score (nSPS) is 10.5. The third-order valence-electron chi connectivity index (χ3n) is 2.70. The van der Waals surface area contributed by atoms with Crippen molar-refractivity contribution in [2.75, 3.05) is 27.3 Å². The molecule has 0 radical (unpaired) electrons. The van der Waals surface area contributed by atoms with Gasteiger partial charge in [-0.05, 0) is 30.7 Å². The van der Waals surface area contributed by atoms with Crippen LogP contribution in [0.15, 0.2) is 18.2 Å². The van der Waals surface area contributed by atoms with Crippen molar-refractivity contribution in [2.45, 2.75) is 20.4 Å². The molecule has 0 bridgehead atoms. The largest absolute Gasteiger partial charge is 0.495 e. The Balaban J connectivity index is 2.85. The van der Waals surface area contributed by atoms with E-state index in [1.807, 2.05) is 12.1 Å². The van der Waals surface area contributed by atoms with Gasteiger partial charge in [0.15, 0.2) is 0 Å². The topological polar surface area (TPSA) is 32.7 Å². The number of hydrogen-bond acceptors (Lipinski definition) is 3. The number of aliphatic hydroxyl groups excluding tert-OH is 1. The van der Waals surface area contributed by atoms with Gasteiger partial charge in [-0.25, -0.2) is 0 Å². The summed E-state index contributed by atoms with van der Waals surface area (Å²) in [6.07, 6.45) is 0. The third kappa shape index (κ3) is 5.34. The molecular formula is C16H23NO2. The van der Waals surface area contributed by atoms with E-state index in [0.29, 0.717) is 5.92 Å². The fraction of sp³-hybridized carbons (Fsp3) is 0.500.